The van der Waals surface area contributed by atoms with Crippen molar-refractivity contribution in [2.24, 2.45) is 0 Å². The number of benzene rings is 1. The Hall–Kier alpha value is -2.74. The molecule has 2 unspecified atom stereocenters. The molecule has 0 spiro atoms. The smallest absolute Gasteiger partial charge is 0.313 e. The Morgan fingerprint density at radius 2 is 2.12 bits per heavy atom. The predicted molar refractivity (Wildman–Crippen MR) is 88.6 cm³/mol. The normalized spacial score (nSPS) is 20.8. The Balaban J connectivity index is 1.62. The first-order valence-electron chi connectivity index (χ1n) is 7.83. The van der Waals surface area contributed by atoms with E-state index in [4.69, 9.17) is 0 Å². The molecule has 1 aromatic heterocycles. The monoisotopic (exact) mass is 328 g/mol. The van der Waals surface area contributed by atoms with Crippen molar-refractivity contribution in [3.8, 4) is 5.69 Å². The van der Waals surface area contributed by atoms with Gasteiger partial charge in [-0.05, 0) is 38.6 Å². The van der Waals surface area contributed by atoms with Gasteiger partial charge in [0.05, 0.1) is 18.1 Å². The number of likely N-dealkylation sites (tertiary alicyclic amines) is 1. The van der Waals surface area contributed by atoms with E-state index in [2.05, 4.69) is 25.8 Å². The molecule has 0 saturated carbocycles. The molecule has 0 bridgehead atoms. The first-order valence-corrected chi connectivity index (χ1v) is 7.83. The lowest BCUT2D eigenvalue weighted by atomic mass is 10.1. The van der Waals surface area contributed by atoms with E-state index in [1.165, 1.54) is 0 Å². The Morgan fingerprint density at radius 3 is 2.79 bits per heavy atom. The molecule has 2 N–H and O–H groups in total. The molecule has 8 nitrogen and oxygen atoms in total. The van der Waals surface area contributed by atoms with Gasteiger partial charge in [-0.3, -0.25) is 9.59 Å². The van der Waals surface area contributed by atoms with Crippen LogP contribution >= 0.6 is 0 Å². The average Bonchev–Trinajstić information content (AvgIpc) is 3.21. The first-order chi connectivity index (χ1) is 11.5. The van der Waals surface area contributed by atoms with Gasteiger partial charge in [-0.2, -0.15) is 0 Å². The van der Waals surface area contributed by atoms with Crippen molar-refractivity contribution >= 4 is 17.5 Å². The van der Waals surface area contributed by atoms with Gasteiger partial charge in [0.25, 0.3) is 0 Å². The fraction of sp³-hybridized carbons (Fsp3) is 0.375. The molecule has 2 atom stereocenters. The number of hydrogen-bond acceptors (Lipinski definition) is 5. The fourth-order valence-electron chi connectivity index (χ4n) is 2.78. The zero-order chi connectivity index (χ0) is 17.1. The molecule has 1 aliphatic heterocycles. The van der Waals surface area contributed by atoms with Crippen molar-refractivity contribution in [3.63, 3.8) is 0 Å². The van der Waals surface area contributed by atoms with Crippen LogP contribution in [0.3, 0.4) is 0 Å². The predicted octanol–water partition coefficient (Wildman–Crippen LogP) is 0.415. The second-order valence-electron chi connectivity index (χ2n) is 5.94. The maximum atomic E-state index is 12.1. The Morgan fingerprint density at radius 1 is 1.29 bits per heavy atom. The van der Waals surface area contributed by atoms with Crippen LogP contribution < -0.4 is 10.6 Å². The second-order valence-corrected chi connectivity index (χ2v) is 5.94. The Kier molecular flexibility index (Phi) is 4.57. The zero-order valence-electron chi connectivity index (χ0n) is 13.6. The lowest BCUT2D eigenvalue weighted by Gasteiger charge is -2.21. The van der Waals surface area contributed by atoms with Crippen LogP contribution in [0, 0.1) is 0 Å². The van der Waals surface area contributed by atoms with Crippen LogP contribution in [-0.4, -0.2) is 57.4 Å². The van der Waals surface area contributed by atoms with Gasteiger partial charge >= 0.3 is 11.8 Å². The number of amides is 2. The van der Waals surface area contributed by atoms with E-state index in [-0.39, 0.29) is 12.1 Å². The number of nitrogens with one attached hydrogen (secondary N) is 2. The molecule has 3 rings (SSSR count). The maximum Gasteiger partial charge on any atom is 0.313 e. The highest BCUT2D eigenvalue weighted by atomic mass is 16.2. The third-order valence-electron chi connectivity index (χ3n) is 4.38. The fourth-order valence-corrected chi connectivity index (χ4v) is 2.78. The largest absolute Gasteiger partial charge is 0.343 e. The van der Waals surface area contributed by atoms with E-state index >= 15 is 0 Å². The van der Waals surface area contributed by atoms with Crippen LogP contribution in [0.25, 0.3) is 5.69 Å². The number of nitrogens with zero attached hydrogens (tertiary/aromatic N) is 4. The van der Waals surface area contributed by atoms with Gasteiger partial charge in [-0.25, -0.2) is 4.68 Å². The van der Waals surface area contributed by atoms with Crippen molar-refractivity contribution in [2.75, 3.05) is 18.9 Å². The number of rotatable bonds is 3. The molecule has 2 heterocycles. The van der Waals surface area contributed by atoms with Crippen molar-refractivity contribution in [2.45, 2.75) is 25.4 Å². The molecule has 1 saturated heterocycles. The molecule has 1 fully saturated rings. The third kappa shape index (κ3) is 3.43. The van der Waals surface area contributed by atoms with Crippen LogP contribution in [0.2, 0.25) is 0 Å². The number of likely N-dealkylation sites (N-methyl/N-ethyl adjacent to an activating group) is 1. The summed E-state index contributed by atoms with van der Waals surface area (Å²) in [6.45, 7) is 2.95. The molecule has 2 aromatic rings. The van der Waals surface area contributed by atoms with Gasteiger partial charge in [0.15, 0.2) is 0 Å². The van der Waals surface area contributed by atoms with E-state index in [0.717, 1.165) is 18.7 Å². The summed E-state index contributed by atoms with van der Waals surface area (Å²) in [6.07, 6.45) is 4.11. The molecule has 24 heavy (non-hydrogen) atoms. The third-order valence-corrected chi connectivity index (χ3v) is 4.38. The van der Waals surface area contributed by atoms with E-state index in [0.29, 0.717) is 5.69 Å². The highest BCUT2D eigenvalue weighted by molar-refractivity contribution is 6.39. The summed E-state index contributed by atoms with van der Waals surface area (Å²) in [6, 6.07) is 7.27. The summed E-state index contributed by atoms with van der Waals surface area (Å²) in [5, 5.41) is 13.1. The number of carbonyl (C=O) groups is 2. The van der Waals surface area contributed by atoms with Crippen LogP contribution in [0.5, 0.6) is 0 Å². The summed E-state index contributed by atoms with van der Waals surface area (Å²) in [7, 11) is 2.01. The van der Waals surface area contributed by atoms with Crippen LogP contribution in [-0.2, 0) is 9.59 Å². The quantitative estimate of drug-likeness (QED) is 0.797. The maximum absolute atomic E-state index is 12.1. The SMILES string of the molecule is CC1C(NC(=O)C(=O)Nc2cccc(-n3ccnn3)c2)CCN1C. The molecule has 1 aliphatic rings. The molecule has 126 valence electrons. The van der Waals surface area contributed by atoms with Crippen molar-refractivity contribution < 1.29 is 9.59 Å². The second kappa shape index (κ2) is 6.79. The molecule has 8 heteroatoms. The lowest BCUT2D eigenvalue weighted by molar-refractivity contribution is -0.136. The summed E-state index contributed by atoms with van der Waals surface area (Å²) in [5.74, 6) is -1.29. The van der Waals surface area contributed by atoms with E-state index < -0.39 is 11.8 Å². The van der Waals surface area contributed by atoms with Crippen molar-refractivity contribution in [3.05, 3.63) is 36.7 Å². The van der Waals surface area contributed by atoms with Gasteiger partial charge in [0.1, 0.15) is 0 Å². The molecule has 2 amide bonds. The Bertz CT molecular complexity index is 730. The van der Waals surface area contributed by atoms with Gasteiger partial charge in [0.2, 0.25) is 0 Å². The minimum atomic E-state index is -0.674. The van der Waals surface area contributed by atoms with Gasteiger partial charge in [-0.1, -0.05) is 11.3 Å². The highest BCUT2D eigenvalue weighted by Gasteiger charge is 2.30. The van der Waals surface area contributed by atoms with Crippen LogP contribution in [0.4, 0.5) is 5.69 Å². The van der Waals surface area contributed by atoms with Gasteiger partial charge in [-0.15, -0.1) is 5.10 Å². The molecule has 0 radical (unpaired) electrons. The van der Waals surface area contributed by atoms with Gasteiger partial charge < -0.3 is 15.5 Å². The summed E-state index contributed by atoms with van der Waals surface area (Å²) >= 11 is 0. The zero-order valence-corrected chi connectivity index (χ0v) is 13.6. The molecular formula is C16H20N6O2. The summed E-state index contributed by atoms with van der Waals surface area (Å²) in [5.41, 5.74) is 1.27. The standard InChI is InChI=1S/C16H20N6O2/c1-11-14(6-8-21(11)2)19-16(24)15(23)18-12-4-3-5-13(10-12)22-9-7-17-20-22/h3-5,7,9-11,14H,6,8H2,1-2H3,(H,18,23)(H,19,24). The van der Waals surface area contributed by atoms with Gasteiger partial charge in [0, 0.05) is 24.3 Å². The molecule has 1 aromatic carbocycles. The average molecular weight is 328 g/mol. The highest BCUT2D eigenvalue weighted by Crippen LogP contribution is 2.16. The lowest BCUT2D eigenvalue weighted by Crippen LogP contribution is -2.46. The topological polar surface area (TPSA) is 92.2 Å². The van der Waals surface area contributed by atoms with Crippen LogP contribution in [0.15, 0.2) is 36.7 Å². The van der Waals surface area contributed by atoms with E-state index in [9.17, 15) is 9.59 Å². The molecule has 0 aliphatic carbocycles. The minimum absolute atomic E-state index is 0.00488. The Labute approximate surface area is 139 Å². The van der Waals surface area contributed by atoms with E-state index in [1.807, 2.05) is 20.0 Å². The number of hydrogen-bond donors (Lipinski definition) is 2. The van der Waals surface area contributed by atoms with Crippen LogP contribution in [0.1, 0.15) is 13.3 Å². The first kappa shape index (κ1) is 16.1. The number of aromatic nitrogens is 3. The van der Waals surface area contributed by atoms with Crippen molar-refractivity contribution in [1.29, 1.82) is 0 Å². The number of anilines is 1. The van der Waals surface area contributed by atoms with E-state index in [1.54, 1.807) is 35.3 Å². The number of carbonyl (C=O) groups excluding carboxylic acids is 2. The minimum Gasteiger partial charge on any atom is -0.343 e. The summed E-state index contributed by atoms with van der Waals surface area (Å²) in [4.78, 5) is 26.4. The molecular weight excluding hydrogens is 308 g/mol. The van der Waals surface area contributed by atoms with Crippen molar-refractivity contribution in [1.82, 2.24) is 25.2 Å². The summed E-state index contributed by atoms with van der Waals surface area (Å²) < 4.78 is 1.58.